The average molecular weight is 513 g/mol. The van der Waals surface area contributed by atoms with Crippen LogP contribution in [-0.2, 0) is 9.53 Å². The molecule has 0 atom stereocenters. The van der Waals surface area contributed by atoms with E-state index < -0.39 is 11.6 Å². The Labute approximate surface area is 220 Å². The van der Waals surface area contributed by atoms with E-state index in [0.717, 1.165) is 19.3 Å². The molecule has 0 aliphatic carbocycles. The highest BCUT2D eigenvalue weighted by Gasteiger charge is 2.31. The fourth-order valence-electron chi connectivity index (χ4n) is 3.67. The number of aromatic nitrogens is 1. The second-order valence-corrected chi connectivity index (χ2v) is 9.03. The van der Waals surface area contributed by atoms with Crippen molar-refractivity contribution >= 4 is 29.4 Å². The smallest absolute Gasteiger partial charge is 0.349 e. The average Bonchev–Trinajstić information content (AvgIpc) is 2.88. The van der Waals surface area contributed by atoms with Crippen molar-refractivity contribution in [3.8, 4) is 5.75 Å². The second-order valence-electron chi connectivity index (χ2n) is 9.03. The third-order valence-electron chi connectivity index (χ3n) is 5.81. The van der Waals surface area contributed by atoms with Crippen LogP contribution in [0.2, 0.25) is 0 Å². The predicted octanol–water partition coefficient (Wildman–Crippen LogP) is 5.51. The maximum absolute atomic E-state index is 13.2. The number of benzene rings is 1. The van der Waals surface area contributed by atoms with Gasteiger partial charge in [-0.15, -0.1) is 0 Å². The standard InChI is InChI=1S/C28H40N4O5/c1-7-11-12-19-32(22-14-16-23(17-15-22)37-28(5,6)26(34)36-10-4)27(35)30-24-18-13-21(20-29-24)25(33)31(8-2)9-3/h13-18,20H,7-12,19H2,1-6H3,(H,29,30,35). The number of anilines is 2. The Bertz CT molecular complexity index is 1020. The summed E-state index contributed by atoms with van der Waals surface area (Å²) in [6, 6.07) is 9.98. The van der Waals surface area contributed by atoms with Crippen LogP contribution in [0.1, 0.15) is 71.2 Å². The molecular formula is C28H40N4O5. The van der Waals surface area contributed by atoms with E-state index >= 15 is 0 Å². The zero-order chi connectivity index (χ0) is 27.4. The largest absolute Gasteiger partial charge is 0.476 e. The minimum atomic E-state index is -1.14. The van der Waals surface area contributed by atoms with Gasteiger partial charge in [0.25, 0.3) is 5.91 Å². The maximum Gasteiger partial charge on any atom is 0.349 e. The van der Waals surface area contributed by atoms with Crippen LogP contribution in [0.4, 0.5) is 16.3 Å². The summed E-state index contributed by atoms with van der Waals surface area (Å²) in [7, 11) is 0. The Kier molecular flexibility index (Phi) is 11.4. The van der Waals surface area contributed by atoms with Crippen molar-refractivity contribution in [3.05, 3.63) is 48.2 Å². The van der Waals surface area contributed by atoms with Crippen LogP contribution in [0.3, 0.4) is 0 Å². The van der Waals surface area contributed by atoms with Gasteiger partial charge in [0.2, 0.25) is 0 Å². The molecule has 2 rings (SSSR count). The summed E-state index contributed by atoms with van der Waals surface area (Å²) >= 11 is 0. The summed E-state index contributed by atoms with van der Waals surface area (Å²) < 4.78 is 10.9. The monoisotopic (exact) mass is 512 g/mol. The Morgan fingerprint density at radius 1 is 0.946 bits per heavy atom. The van der Waals surface area contributed by atoms with Crippen LogP contribution in [-0.4, -0.2) is 59.6 Å². The fraction of sp³-hybridized carbons (Fsp3) is 0.500. The van der Waals surface area contributed by atoms with Gasteiger partial charge in [-0.2, -0.15) is 0 Å². The zero-order valence-electron chi connectivity index (χ0n) is 22.9. The molecule has 0 aliphatic heterocycles. The number of urea groups is 1. The third kappa shape index (κ3) is 8.48. The van der Waals surface area contributed by atoms with Crippen LogP contribution in [0.15, 0.2) is 42.6 Å². The number of ether oxygens (including phenoxy) is 2. The molecule has 0 radical (unpaired) electrons. The van der Waals surface area contributed by atoms with Crippen molar-refractivity contribution in [2.45, 2.75) is 66.4 Å². The lowest BCUT2D eigenvalue weighted by molar-refractivity contribution is -0.158. The molecule has 0 aliphatic rings. The molecule has 0 saturated carbocycles. The summed E-state index contributed by atoms with van der Waals surface area (Å²) in [5.74, 6) is 0.311. The summed E-state index contributed by atoms with van der Waals surface area (Å²) in [5, 5.41) is 2.83. The van der Waals surface area contributed by atoms with E-state index in [1.54, 1.807) is 67.0 Å². The van der Waals surface area contributed by atoms with Gasteiger partial charge in [-0.3, -0.25) is 15.0 Å². The van der Waals surface area contributed by atoms with Crippen molar-refractivity contribution in [1.29, 1.82) is 0 Å². The normalized spacial score (nSPS) is 11.0. The van der Waals surface area contributed by atoms with Gasteiger partial charge >= 0.3 is 12.0 Å². The first-order valence-corrected chi connectivity index (χ1v) is 13.0. The van der Waals surface area contributed by atoms with Gasteiger partial charge in [0.1, 0.15) is 11.6 Å². The number of esters is 1. The molecule has 9 heteroatoms. The van der Waals surface area contributed by atoms with Crippen molar-refractivity contribution in [3.63, 3.8) is 0 Å². The van der Waals surface area contributed by atoms with E-state index in [1.807, 2.05) is 13.8 Å². The van der Waals surface area contributed by atoms with Crippen LogP contribution in [0.5, 0.6) is 5.75 Å². The Balaban J connectivity index is 2.16. The van der Waals surface area contributed by atoms with Gasteiger partial charge in [0, 0.05) is 31.5 Å². The molecule has 202 valence electrons. The number of nitrogens with one attached hydrogen (secondary N) is 1. The van der Waals surface area contributed by atoms with E-state index in [0.29, 0.717) is 42.5 Å². The molecule has 37 heavy (non-hydrogen) atoms. The number of unbranched alkanes of at least 4 members (excludes halogenated alkanes) is 2. The minimum absolute atomic E-state index is 0.0926. The first-order chi connectivity index (χ1) is 17.7. The number of rotatable bonds is 13. The summed E-state index contributed by atoms with van der Waals surface area (Å²) in [6.07, 6.45) is 4.33. The molecule has 1 aromatic carbocycles. The summed E-state index contributed by atoms with van der Waals surface area (Å²) in [5.41, 5.74) is 0.0197. The molecule has 0 bridgehead atoms. The minimum Gasteiger partial charge on any atom is -0.476 e. The zero-order valence-corrected chi connectivity index (χ0v) is 22.9. The quantitative estimate of drug-likeness (QED) is 0.280. The van der Waals surface area contributed by atoms with E-state index in [2.05, 4.69) is 17.2 Å². The molecule has 2 aromatic rings. The van der Waals surface area contributed by atoms with Crippen LogP contribution >= 0.6 is 0 Å². The summed E-state index contributed by atoms with van der Waals surface area (Å²) in [6.45, 7) is 13.0. The summed E-state index contributed by atoms with van der Waals surface area (Å²) in [4.78, 5) is 45.5. The first-order valence-electron chi connectivity index (χ1n) is 13.0. The Morgan fingerprint density at radius 2 is 1.62 bits per heavy atom. The Morgan fingerprint density at radius 3 is 2.16 bits per heavy atom. The molecule has 3 amide bonds. The molecule has 1 N–H and O–H groups in total. The van der Waals surface area contributed by atoms with Crippen molar-refractivity contribution in [2.24, 2.45) is 0 Å². The molecule has 0 spiro atoms. The topological polar surface area (TPSA) is 101 Å². The predicted molar refractivity (Wildman–Crippen MR) is 145 cm³/mol. The number of hydrogen-bond acceptors (Lipinski definition) is 6. The van der Waals surface area contributed by atoms with Crippen LogP contribution in [0, 0.1) is 0 Å². The molecule has 1 aromatic heterocycles. The van der Waals surface area contributed by atoms with E-state index in [4.69, 9.17) is 9.47 Å². The first kappa shape index (κ1) is 29.6. The number of pyridine rings is 1. The van der Waals surface area contributed by atoms with Gasteiger partial charge in [-0.25, -0.2) is 14.6 Å². The van der Waals surface area contributed by atoms with Gasteiger partial charge in [0.05, 0.1) is 12.2 Å². The molecule has 0 fully saturated rings. The van der Waals surface area contributed by atoms with Crippen molar-refractivity contribution in [1.82, 2.24) is 9.88 Å². The van der Waals surface area contributed by atoms with Gasteiger partial charge in [-0.1, -0.05) is 19.8 Å². The lowest BCUT2D eigenvalue weighted by atomic mass is 10.1. The third-order valence-corrected chi connectivity index (χ3v) is 5.81. The number of hydrogen-bond donors (Lipinski definition) is 1. The fourth-order valence-corrected chi connectivity index (χ4v) is 3.67. The van der Waals surface area contributed by atoms with Gasteiger partial charge in [0.15, 0.2) is 5.60 Å². The van der Waals surface area contributed by atoms with Crippen molar-refractivity contribution in [2.75, 3.05) is 36.5 Å². The van der Waals surface area contributed by atoms with Gasteiger partial charge < -0.3 is 14.4 Å². The number of amides is 3. The molecule has 1 heterocycles. The molecule has 0 unspecified atom stereocenters. The maximum atomic E-state index is 13.2. The van der Waals surface area contributed by atoms with Crippen LogP contribution in [0.25, 0.3) is 0 Å². The highest BCUT2D eigenvalue weighted by atomic mass is 16.6. The molecular weight excluding hydrogens is 472 g/mol. The highest BCUT2D eigenvalue weighted by Crippen LogP contribution is 2.25. The van der Waals surface area contributed by atoms with Crippen molar-refractivity contribution < 1.29 is 23.9 Å². The van der Waals surface area contributed by atoms with Crippen LogP contribution < -0.4 is 15.0 Å². The SMILES string of the molecule is CCCCCN(C(=O)Nc1ccc(C(=O)N(CC)CC)cn1)c1ccc(OC(C)(C)C(=O)OCC)cc1. The van der Waals surface area contributed by atoms with Gasteiger partial charge in [-0.05, 0) is 77.4 Å². The number of carbonyl (C=O) groups excluding carboxylic acids is 3. The van der Waals surface area contributed by atoms with E-state index in [1.165, 1.54) is 6.20 Å². The number of nitrogens with zero attached hydrogens (tertiary/aromatic N) is 3. The highest BCUT2D eigenvalue weighted by molar-refractivity contribution is 6.01. The molecule has 9 nitrogen and oxygen atoms in total. The lowest BCUT2D eigenvalue weighted by Crippen LogP contribution is -2.39. The molecule has 0 saturated heterocycles. The second kappa shape index (κ2) is 14.2. The van der Waals surface area contributed by atoms with E-state index in [-0.39, 0.29) is 18.5 Å². The van der Waals surface area contributed by atoms with E-state index in [9.17, 15) is 14.4 Å². The Hall–Kier alpha value is -3.62. The number of carbonyl (C=O) groups is 3. The lowest BCUT2D eigenvalue weighted by Gasteiger charge is -2.26.